The first-order chi connectivity index (χ1) is 8.54. The van der Waals surface area contributed by atoms with Crippen molar-refractivity contribution < 1.29 is 19.2 Å². The van der Waals surface area contributed by atoms with E-state index in [2.05, 4.69) is 0 Å². The Morgan fingerprint density at radius 2 is 1.89 bits per heavy atom. The number of anilines is 1. The van der Waals surface area contributed by atoms with Gasteiger partial charge >= 0.3 is 0 Å². The minimum Gasteiger partial charge on any atom is -0.484 e. The maximum absolute atomic E-state index is 11.3. The van der Waals surface area contributed by atoms with Gasteiger partial charge in [-0.15, -0.1) is 0 Å². The Hall–Kier alpha value is -2.08. The zero-order chi connectivity index (χ0) is 13.5. The van der Waals surface area contributed by atoms with Gasteiger partial charge in [-0.25, -0.2) is 0 Å². The van der Waals surface area contributed by atoms with Crippen LogP contribution < -0.4 is 15.5 Å². The van der Waals surface area contributed by atoms with E-state index >= 15 is 0 Å². The van der Waals surface area contributed by atoms with Gasteiger partial charge in [0.2, 0.25) is 5.91 Å². The number of carbonyl (C=O) groups excluding carboxylic acids is 2. The van der Waals surface area contributed by atoms with Gasteiger partial charge in [0.25, 0.3) is 5.91 Å². The number of nitrogens with two attached hydrogens (primary N) is 1. The Balaban J connectivity index is 2.73. The van der Waals surface area contributed by atoms with Gasteiger partial charge in [-0.05, 0) is 31.2 Å². The number of primary amides is 1. The van der Waals surface area contributed by atoms with Crippen LogP contribution in [0.5, 0.6) is 5.75 Å². The normalized spacial score (nSPS) is 9.89. The van der Waals surface area contributed by atoms with Crippen LogP contribution in [0, 0.1) is 0 Å². The minimum absolute atomic E-state index is 0.179. The molecule has 18 heavy (non-hydrogen) atoms. The summed E-state index contributed by atoms with van der Waals surface area (Å²) in [6, 6.07) is 6.58. The molecule has 0 unspecified atom stereocenters. The maximum atomic E-state index is 11.3. The fourth-order valence-electron chi connectivity index (χ4n) is 1.31. The molecular formula is C12H16N2O4. The molecule has 6 nitrogen and oxygen atoms in total. The lowest BCUT2D eigenvalue weighted by Gasteiger charge is -2.19. The molecule has 0 aromatic heterocycles. The Labute approximate surface area is 105 Å². The predicted molar refractivity (Wildman–Crippen MR) is 65.9 cm³/mol. The third-order valence-corrected chi connectivity index (χ3v) is 2.00. The van der Waals surface area contributed by atoms with Crippen LogP contribution >= 0.6 is 0 Å². The number of rotatable bonds is 6. The number of hydrogen-bond acceptors (Lipinski definition) is 4. The molecule has 0 fully saturated rings. The topological polar surface area (TPSA) is 81.9 Å². The highest BCUT2D eigenvalue weighted by molar-refractivity contribution is 5.89. The lowest BCUT2D eigenvalue weighted by Crippen LogP contribution is -2.28. The second-order valence-electron chi connectivity index (χ2n) is 3.48. The van der Waals surface area contributed by atoms with Gasteiger partial charge in [-0.2, -0.15) is 5.06 Å². The van der Waals surface area contributed by atoms with Gasteiger partial charge in [0.1, 0.15) is 5.75 Å². The molecule has 98 valence electrons. The van der Waals surface area contributed by atoms with Crippen LogP contribution in [-0.4, -0.2) is 25.0 Å². The summed E-state index contributed by atoms with van der Waals surface area (Å²) in [6.07, 6.45) is 0. The van der Waals surface area contributed by atoms with Gasteiger partial charge < -0.3 is 10.5 Å². The predicted octanol–water partition coefficient (Wildman–Crippen LogP) is 0.855. The number of hydroxylamine groups is 1. The van der Waals surface area contributed by atoms with E-state index in [4.69, 9.17) is 15.3 Å². The highest BCUT2D eigenvalue weighted by Gasteiger charge is 2.11. The fourth-order valence-corrected chi connectivity index (χ4v) is 1.31. The van der Waals surface area contributed by atoms with Crippen LogP contribution in [0.4, 0.5) is 5.69 Å². The summed E-state index contributed by atoms with van der Waals surface area (Å²) in [5.74, 6) is -0.265. The smallest absolute Gasteiger partial charge is 0.255 e. The molecule has 0 aliphatic carbocycles. The van der Waals surface area contributed by atoms with Crippen molar-refractivity contribution in [3.63, 3.8) is 0 Å². The van der Waals surface area contributed by atoms with E-state index in [9.17, 15) is 9.59 Å². The van der Waals surface area contributed by atoms with Crippen LogP contribution in [0.25, 0.3) is 0 Å². The summed E-state index contributed by atoms with van der Waals surface area (Å²) in [5, 5.41) is 1.19. The second-order valence-corrected chi connectivity index (χ2v) is 3.48. The molecule has 1 aromatic carbocycles. The Bertz CT molecular complexity index is 417. The van der Waals surface area contributed by atoms with E-state index in [1.165, 1.54) is 12.0 Å². The van der Waals surface area contributed by atoms with E-state index in [0.29, 0.717) is 18.0 Å². The molecule has 0 aliphatic rings. The summed E-state index contributed by atoms with van der Waals surface area (Å²) in [5.41, 5.74) is 5.55. The molecule has 0 aliphatic heterocycles. The van der Waals surface area contributed by atoms with Gasteiger partial charge in [0, 0.05) is 6.92 Å². The second kappa shape index (κ2) is 6.61. The molecule has 1 rings (SSSR count). The molecule has 0 saturated heterocycles. The number of carbonyl (C=O) groups is 2. The standard InChI is InChI=1S/C12H16N2O4/c1-3-18-14(9(2)15)10-4-6-11(7-5-10)17-8-12(13)16/h4-7H,3,8H2,1-2H3,(H2,13,16). The molecule has 0 saturated carbocycles. The van der Waals surface area contributed by atoms with E-state index in [1.54, 1.807) is 31.2 Å². The first-order valence-electron chi connectivity index (χ1n) is 5.49. The van der Waals surface area contributed by atoms with Crippen molar-refractivity contribution in [1.82, 2.24) is 0 Å². The third kappa shape index (κ3) is 4.06. The minimum atomic E-state index is -0.543. The zero-order valence-electron chi connectivity index (χ0n) is 10.4. The van der Waals surface area contributed by atoms with E-state index in [0.717, 1.165) is 0 Å². The Morgan fingerprint density at radius 1 is 1.28 bits per heavy atom. The summed E-state index contributed by atoms with van der Waals surface area (Å²) in [6.45, 7) is 3.41. The van der Waals surface area contributed by atoms with Crippen molar-refractivity contribution in [3.8, 4) is 5.75 Å². The van der Waals surface area contributed by atoms with Crippen molar-refractivity contribution in [2.75, 3.05) is 18.3 Å². The largest absolute Gasteiger partial charge is 0.484 e. The number of nitrogens with zero attached hydrogens (tertiary/aromatic N) is 1. The fraction of sp³-hybridized carbons (Fsp3) is 0.333. The number of amides is 2. The Morgan fingerprint density at radius 3 is 2.33 bits per heavy atom. The molecule has 1 aromatic rings. The lowest BCUT2D eigenvalue weighted by atomic mass is 10.3. The quantitative estimate of drug-likeness (QED) is 0.761. The van der Waals surface area contributed by atoms with Gasteiger partial charge in [0.05, 0.1) is 12.3 Å². The van der Waals surface area contributed by atoms with Gasteiger partial charge in [-0.1, -0.05) is 0 Å². The van der Waals surface area contributed by atoms with Crippen molar-refractivity contribution in [1.29, 1.82) is 0 Å². The molecule has 0 heterocycles. The average Bonchev–Trinajstić information content (AvgIpc) is 2.34. The van der Waals surface area contributed by atoms with E-state index in [1.807, 2.05) is 0 Å². The lowest BCUT2D eigenvalue weighted by molar-refractivity contribution is -0.123. The van der Waals surface area contributed by atoms with E-state index in [-0.39, 0.29) is 12.5 Å². The SMILES string of the molecule is CCON(C(C)=O)c1ccc(OCC(N)=O)cc1. The first kappa shape index (κ1) is 14.0. The molecule has 0 atom stereocenters. The summed E-state index contributed by atoms with van der Waals surface area (Å²) >= 11 is 0. The van der Waals surface area contributed by atoms with Crippen LogP contribution in [0.1, 0.15) is 13.8 Å². The van der Waals surface area contributed by atoms with Gasteiger partial charge in [0.15, 0.2) is 6.61 Å². The van der Waals surface area contributed by atoms with Crippen molar-refractivity contribution in [2.24, 2.45) is 5.73 Å². The molecule has 2 N–H and O–H groups in total. The van der Waals surface area contributed by atoms with Crippen LogP contribution in [0.15, 0.2) is 24.3 Å². The average molecular weight is 252 g/mol. The molecule has 2 amide bonds. The molecular weight excluding hydrogens is 236 g/mol. The van der Waals surface area contributed by atoms with Crippen molar-refractivity contribution >= 4 is 17.5 Å². The zero-order valence-corrected chi connectivity index (χ0v) is 10.4. The van der Waals surface area contributed by atoms with Crippen LogP contribution in [-0.2, 0) is 14.4 Å². The third-order valence-electron chi connectivity index (χ3n) is 2.00. The van der Waals surface area contributed by atoms with Crippen LogP contribution in [0.3, 0.4) is 0 Å². The van der Waals surface area contributed by atoms with Crippen LogP contribution in [0.2, 0.25) is 0 Å². The number of hydrogen-bond donors (Lipinski definition) is 1. The van der Waals surface area contributed by atoms with Gasteiger partial charge in [-0.3, -0.25) is 14.4 Å². The molecule has 6 heteroatoms. The van der Waals surface area contributed by atoms with E-state index < -0.39 is 5.91 Å². The highest BCUT2D eigenvalue weighted by atomic mass is 16.7. The molecule has 0 spiro atoms. The molecule has 0 bridgehead atoms. The number of benzene rings is 1. The van der Waals surface area contributed by atoms with Crippen molar-refractivity contribution in [3.05, 3.63) is 24.3 Å². The molecule has 0 radical (unpaired) electrons. The Kier molecular flexibility index (Phi) is 5.13. The summed E-state index contributed by atoms with van der Waals surface area (Å²) in [4.78, 5) is 27.1. The highest BCUT2D eigenvalue weighted by Crippen LogP contribution is 2.19. The monoisotopic (exact) mass is 252 g/mol. The van der Waals surface area contributed by atoms with Crippen molar-refractivity contribution in [2.45, 2.75) is 13.8 Å². The number of ether oxygens (including phenoxy) is 1. The first-order valence-corrected chi connectivity index (χ1v) is 5.49. The maximum Gasteiger partial charge on any atom is 0.255 e. The summed E-state index contributed by atoms with van der Waals surface area (Å²) in [7, 11) is 0. The summed E-state index contributed by atoms with van der Waals surface area (Å²) < 4.78 is 5.10.